The maximum Gasteiger partial charge on any atom is 0.195 e. The molecule has 5 heteroatoms. The lowest BCUT2D eigenvalue weighted by Gasteiger charge is -2.01. The van der Waals surface area contributed by atoms with Gasteiger partial charge in [0, 0.05) is 19.6 Å². The van der Waals surface area contributed by atoms with Crippen LogP contribution in [0.4, 0.5) is 0 Å². The quantitative estimate of drug-likeness (QED) is 0.550. The molecule has 72 valence electrons. The van der Waals surface area contributed by atoms with Crippen molar-refractivity contribution in [3.63, 3.8) is 0 Å². The van der Waals surface area contributed by atoms with Crippen LogP contribution in [0.3, 0.4) is 0 Å². The van der Waals surface area contributed by atoms with Gasteiger partial charge in [0.1, 0.15) is 5.82 Å². The van der Waals surface area contributed by atoms with E-state index in [2.05, 4.69) is 16.8 Å². The molecule has 1 rings (SSSR count). The SMILES string of the molecule is C=CCn1c(CCCO)n[nH]c1=S. The second-order valence-corrected chi connectivity index (χ2v) is 3.06. The summed E-state index contributed by atoms with van der Waals surface area (Å²) in [6.45, 7) is 4.48. The van der Waals surface area contributed by atoms with Crippen molar-refractivity contribution in [3.05, 3.63) is 23.3 Å². The van der Waals surface area contributed by atoms with Crippen molar-refractivity contribution >= 4 is 12.2 Å². The van der Waals surface area contributed by atoms with Crippen LogP contribution in [-0.2, 0) is 13.0 Å². The minimum Gasteiger partial charge on any atom is -0.396 e. The van der Waals surface area contributed by atoms with E-state index >= 15 is 0 Å². The summed E-state index contributed by atoms with van der Waals surface area (Å²) in [5.74, 6) is 0.874. The topological polar surface area (TPSA) is 53.8 Å². The number of nitrogens with zero attached hydrogens (tertiary/aromatic N) is 2. The van der Waals surface area contributed by atoms with Gasteiger partial charge in [-0.1, -0.05) is 6.08 Å². The number of H-pyrrole nitrogens is 1. The number of allylic oxidation sites excluding steroid dienone is 1. The molecule has 1 aromatic rings. The van der Waals surface area contributed by atoms with E-state index < -0.39 is 0 Å². The van der Waals surface area contributed by atoms with Crippen molar-refractivity contribution in [2.45, 2.75) is 19.4 Å². The Morgan fingerprint density at radius 3 is 3.08 bits per heavy atom. The first-order valence-electron chi connectivity index (χ1n) is 4.15. The van der Waals surface area contributed by atoms with Crippen LogP contribution in [0.5, 0.6) is 0 Å². The van der Waals surface area contributed by atoms with E-state index in [1.165, 1.54) is 0 Å². The Balaban J connectivity index is 2.80. The molecule has 0 saturated heterocycles. The molecule has 0 bridgehead atoms. The molecule has 1 aromatic heterocycles. The Kier molecular flexibility index (Phi) is 3.85. The van der Waals surface area contributed by atoms with E-state index in [1.54, 1.807) is 6.08 Å². The van der Waals surface area contributed by atoms with Crippen molar-refractivity contribution in [1.82, 2.24) is 14.8 Å². The van der Waals surface area contributed by atoms with Gasteiger partial charge in [-0.2, -0.15) is 5.10 Å². The number of aliphatic hydroxyl groups excluding tert-OH is 1. The fraction of sp³-hybridized carbons (Fsp3) is 0.500. The average molecular weight is 199 g/mol. The molecule has 0 aliphatic rings. The summed E-state index contributed by atoms with van der Waals surface area (Å²) >= 11 is 5.02. The zero-order valence-electron chi connectivity index (χ0n) is 7.36. The Bertz CT molecular complexity index is 328. The summed E-state index contributed by atoms with van der Waals surface area (Å²) in [6, 6.07) is 0. The van der Waals surface area contributed by atoms with Gasteiger partial charge in [-0.15, -0.1) is 6.58 Å². The van der Waals surface area contributed by atoms with Crippen LogP contribution < -0.4 is 0 Å². The van der Waals surface area contributed by atoms with E-state index in [4.69, 9.17) is 17.3 Å². The van der Waals surface area contributed by atoms with Gasteiger partial charge in [0.2, 0.25) is 0 Å². The highest BCUT2D eigenvalue weighted by Gasteiger charge is 2.03. The van der Waals surface area contributed by atoms with Gasteiger partial charge in [-0.05, 0) is 18.6 Å². The third-order valence-electron chi connectivity index (χ3n) is 1.71. The molecule has 0 radical (unpaired) electrons. The lowest BCUT2D eigenvalue weighted by atomic mass is 10.3. The fourth-order valence-corrected chi connectivity index (χ4v) is 1.32. The molecule has 2 N–H and O–H groups in total. The normalized spacial score (nSPS) is 10.2. The zero-order valence-corrected chi connectivity index (χ0v) is 8.18. The maximum absolute atomic E-state index is 8.66. The second kappa shape index (κ2) is 4.94. The molecule has 0 fully saturated rings. The molecule has 0 saturated carbocycles. The first-order valence-corrected chi connectivity index (χ1v) is 4.56. The largest absolute Gasteiger partial charge is 0.396 e. The smallest absolute Gasteiger partial charge is 0.195 e. The highest BCUT2D eigenvalue weighted by molar-refractivity contribution is 7.71. The van der Waals surface area contributed by atoms with Crippen LogP contribution in [-0.4, -0.2) is 26.5 Å². The Labute approximate surface area is 81.9 Å². The standard InChI is InChI=1S/C8H13N3OS/c1-2-5-11-7(4-3-6-12)9-10-8(11)13/h2,12H,1,3-6H2,(H,10,13). The lowest BCUT2D eigenvalue weighted by molar-refractivity contribution is 0.287. The molecule has 0 aromatic carbocycles. The van der Waals surface area contributed by atoms with E-state index in [9.17, 15) is 0 Å². The van der Waals surface area contributed by atoms with Crippen LogP contribution in [0.15, 0.2) is 12.7 Å². The minimum absolute atomic E-state index is 0.174. The molecule has 0 spiro atoms. The van der Waals surface area contributed by atoms with Gasteiger partial charge in [-0.3, -0.25) is 5.10 Å². The Morgan fingerprint density at radius 2 is 2.46 bits per heavy atom. The predicted molar refractivity (Wildman–Crippen MR) is 53.0 cm³/mol. The van der Waals surface area contributed by atoms with Gasteiger partial charge < -0.3 is 9.67 Å². The van der Waals surface area contributed by atoms with E-state index in [0.717, 1.165) is 12.2 Å². The zero-order chi connectivity index (χ0) is 9.68. The van der Waals surface area contributed by atoms with E-state index in [-0.39, 0.29) is 6.61 Å². The van der Waals surface area contributed by atoms with Crippen LogP contribution in [0.2, 0.25) is 0 Å². The highest BCUT2D eigenvalue weighted by atomic mass is 32.1. The van der Waals surface area contributed by atoms with Crippen LogP contribution in [0.25, 0.3) is 0 Å². The molecule has 0 aliphatic carbocycles. The lowest BCUT2D eigenvalue weighted by Crippen LogP contribution is -2.03. The van der Waals surface area contributed by atoms with Crippen LogP contribution in [0.1, 0.15) is 12.2 Å². The monoisotopic (exact) mass is 199 g/mol. The van der Waals surface area contributed by atoms with Gasteiger partial charge in [-0.25, -0.2) is 0 Å². The number of nitrogens with one attached hydrogen (secondary N) is 1. The molecule has 0 unspecified atom stereocenters. The molecule has 0 amide bonds. The summed E-state index contributed by atoms with van der Waals surface area (Å²) in [7, 11) is 0. The van der Waals surface area contributed by atoms with E-state index in [0.29, 0.717) is 17.7 Å². The highest BCUT2D eigenvalue weighted by Crippen LogP contribution is 2.01. The van der Waals surface area contributed by atoms with Gasteiger partial charge in [0.15, 0.2) is 4.77 Å². The summed E-state index contributed by atoms with van der Waals surface area (Å²) in [5.41, 5.74) is 0. The molecule has 4 nitrogen and oxygen atoms in total. The third-order valence-corrected chi connectivity index (χ3v) is 2.02. The summed E-state index contributed by atoms with van der Waals surface area (Å²) in [6.07, 6.45) is 3.21. The molecular formula is C8H13N3OS. The number of aliphatic hydroxyl groups is 1. The first kappa shape index (κ1) is 10.1. The first-order chi connectivity index (χ1) is 6.29. The average Bonchev–Trinajstić information content (AvgIpc) is 2.46. The van der Waals surface area contributed by atoms with Crippen molar-refractivity contribution in [3.8, 4) is 0 Å². The van der Waals surface area contributed by atoms with Crippen molar-refractivity contribution in [2.75, 3.05) is 6.61 Å². The molecule has 0 atom stereocenters. The number of hydrogen-bond donors (Lipinski definition) is 2. The third kappa shape index (κ3) is 2.50. The predicted octanol–water partition coefficient (Wildman–Crippen LogP) is 1.05. The molecule has 0 aliphatic heterocycles. The molecule has 13 heavy (non-hydrogen) atoms. The van der Waals surface area contributed by atoms with Crippen LogP contribution in [0, 0.1) is 4.77 Å². The van der Waals surface area contributed by atoms with Crippen molar-refractivity contribution in [1.29, 1.82) is 0 Å². The number of aromatic nitrogens is 3. The molecular weight excluding hydrogens is 186 g/mol. The Hall–Kier alpha value is -0.940. The van der Waals surface area contributed by atoms with E-state index in [1.807, 2.05) is 4.57 Å². The van der Waals surface area contributed by atoms with Crippen molar-refractivity contribution in [2.24, 2.45) is 0 Å². The summed E-state index contributed by atoms with van der Waals surface area (Å²) in [4.78, 5) is 0. The minimum atomic E-state index is 0.174. The van der Waals surface area contributed by atoms with Crippen molar-refractivity contribution < 1.29 is 5.11 Å². The second-order valence-electron chi connectivity index (χ2n) is 2.67. The molecule has 1 heterocycles. The number of aryl methyl sites for hydroxylation is 1. The fourth-order valence-electron chi connectivity index (χ4n) is 1.10. The van der Waals surface area contributed by atoms with Gasteiger partial charge >= 0.3 is 0 Å². The van der Waals surface area contributed by atoms with Gasteiger partial charge in [0.05, 0.1) is 0 Å². The summed E-state index contributed by atoms with van der Waals surface area (Å²) < 4.78 is 2.48. The van der Waals surface area contributed by atoms with Crippen LogP contribution >= 0.6 is 12.2 Å². The maximum atomic E-state index is 8.66. The summed E-state index contributed by atoms with van der Waals surface area (Å²) in [5, 5.41) is 15.4. The number of aromatic amines is 1. The number of hydrogen-bond acceptors (Lipinski definition) is 3. The Morgan fingerprint density at radius 1 is 1.69 bits per heavy atom. The number of rotatable bonds is 5. The van der Waals surface area contributed by atoms with Gasteiger partial charge in [0.25, 0.3) is 0 Å².